The normalized spacial score (nSPS) is 21.6. The fourth-order valence-electron chi connectivity index (χ4n) is 1.73. The van der Waals surface area contributed by atoms with Crippen molar-refractivity contribution in [2.75, 3.05) is 12.3 Å². The van der Waals surface area contributed by atoms with Crippen LogP contribution in [0, 0.1) is 6.92 Å². The van der Waals surface area contributed by atoms with Gasteiger partial charge >= 0.3 is 0 Å². The third-order valence-electron chi connectivity index (χ3n) is 2.47. The number of rotatable bonds is 4. The minimum absolute atomic E-state index is 0.832. The number of hydrogen-bond acceptors (Lipinski definition) is 3. The molecule has 0 aliphatic carbocycles. The second-order valence-corrected chi connectivity index (χ2v) is 5.17. The molecular weight excluding hydrogens is 194 g/mol. The van der Waals surface area contributed by atoms with Gasteiger partial charge in [0.2, 0.25) is 0 Å². The summed E-state index contributed by atoms with van der Waals surface area (Å²) >= 11 is 2.09. The Kier molecular flexibility index (Phi) is 3.48. The Bertz CT molecular complexity index is 279. The monoisotopic (exact) mass is 211 g/mol. The molecule has 1 unspecified atom stereocenters. The molecule has 1 saturated heterocycles. The van der Waals surface area contributed by atoms with Crippen molar-refractivity contribution in [3.05, 3.63) is 17.7 Å². The lowest BCUT2D eigenvalue weighted by Crippen LogP contribution is -2.22. The minimum atomic E-state index is 0.832. The van der Waals surface area contributed by atoms with E-state index in [1.807, 2.05) is 13.1 Å². The van der Waals surface area contributed by atoms with E-state index in [4.69, 9.17) is 0 Å². The SMILES string of the molecule is Cc1ncc(CNCC2CCCS2)[nH]1. The zero-order valence-electron chi connectivity index (χ0n) is 8.55. The number of thioether (sulfide) groups is 1. The Hall–Kier alpha value is -0.480. The molecule has 78 valence electrons. The lowest BCUT2D eigenvalue weighted by Gasteiger charge is -2.08. The van der Waals surface area contributed by atoms with Gasteiger partial charge in [-0.2, -0.15) is 11.8 Å². The van der Waals surface area contributed by atoms with Crippen LogP contribution in [-0.4, -0.2) is 27.5 Å². The highest BCUT2D eigenvalue weighted by Crippen LogP contribution is 2.25. The molecular formula is C10H17N3S. The number of aryl methyl sites for hydroxylation is 1. The number of H-pyrrole nitrogens is 1. The largest absolute Gasteiger partial charge is 0.345 e. The zero-order chi connectivity index (χ0) is 9.80. The van der Waals surface area contributed by atoms with Crippen LogP contribution >= 0.6 is 11.8 Å². The van der Waals surface area contributed by atoms with E-state index in [-0.39, 0.29) is 0 Å². The molecule has 3 nitrogen and oxygen atoms in total. The zero-order valence-corrected chi connectivity index (χ0v) is 9.36. The summed E-state index contributed by atoms with van der Waals surface area (Å²) in [6.45, 7) is 4.02. The van der Waals surface area contributed by atoms with E-state index in [0.29, 0.717) is 0 Å². The molecule has 14 heavy (non-hydrogen) atoms. The topological polar surface area (TPSA) is 40.7 Å². The number of hydrogen-bond donors (Lipinski definition) is 2. The van der Waals surface area contributed by atoms with Crippen LogP contribution in [0.1, 0.15) is 24.4 Å². The number of aromatic amines is 1. The second kappa shape index (κ2) is 4.84. The number of nitrogens with zero attached hydrogens (tertiary/aromatic N) is 1. The van der Waals surface area contributed by atoms with E-state index in [2.05, 4.69) is 27.0 Å². The Balaban J connectivity index is 1.67. The maximum absolute atomic E-state index is 4.17. The van der Waals surface area contributed by atoms with Gasteiger partial charge in [-0.1, -0.05) is 0 Å². The van der Waals surface area contributed by atoms with E-state index in [0.717, 1.165) is 24.2 Å². The van der Waals surface area contributed by atoms with Crippen LogP contribution in [0.4, 0.5) is 0 Å². The maximum Gasteiger partial charge on any atom is 0.103 e. The lowest BCUT2D eigenvalue weighted by atomic mass is 10.2. The summed E-state index contributed by atoms with van der Waals surface area (Å²) in [5, 5.41) is 4.30. The molecule has 1 aromatic rings. The van der Waals surface area contributed by atoms with Crippen LogP contribution < -0.4 is 5.32 Å². The third kappa shape index (κ3) is 2.75. The minimum Gasteiger partial charge on any atom is -0.345 e. The van der Waals surface area contributed by atoms with Crippen LogP contribution in [0.5, 0.6) is 0 Å². The van der Waals surface area contributed by atoms with Crippen LogP contribution in [0.2, 0.25) is 0 Å². The standard InChI is InChI=1S/C10H17N3S/c1-8-12-6-9(13-8)5-11-7-10-3-2-4-14-10/h6,10-11H,2-5,7H2,1H3,(H,12,13). The fourth-order valence-corrected chi connectivity index (χ4v) is 2.97. The van der Waals surface area contributed by atoms with Gasteiger partial charge in [-0.25, -0.2) is 4.98 Å². The quantitative estimate of drug-likeness (QED) is 0.796. The number of imidazole rings is 1. The van der Waals surface area contributed by atoms with Gasteiger partial charge in [-0.15, -0.1) is 0 Å². The highest BCUT2D eigenvalue weighted by Gasteiger charge is 2.14. The molecule has 0 amide bonds. The first-order chi connectivity index (χ1) is 6.84. The van der Waals surface area contributed by atoms with Crippen molar-refractivity contribution in [3.8, 4) is 0 Å². The van der Waals surface area contributed by atoms with Gasteiger partial charge < -0.3 is 10.3 Å². The molecule has 1 aliphatic heterocycles. The van der Waals surface area contributed by atoms with Crippen LogP contribution in [-0.2, 0) is 6.54 Å². The average molecular weight is 211 g/mol. The first-order valence-electron chi connectivity index (χ1n) is 5.17. The Labute approximate surface area is 89.1 Å². The molecule has 1 aromatic heterocycles. The summed E-state index contributed by atoms with van der Waals surface area (Å²) in [6.07, 6.45) is 4.67. The van der Waals surface area contributed by atoms with Gasteiger partial charge in [-0.05, 0) is 25.5 Å². The molecule has 0 aromatic carbocycles. The molecule has 2 N–H and O–H groups in total. The van der Waals surface area contributed by atoms with Crippen molar-refractivity contribution in [2.24, 2.45) is 0 Å². The number of aromatic nitrogens is 2. The molecule has 1 fully saturated rings. The second-order valence-electron chi connectivity index (χ2n) is 3.76. The molecule has 1 aliphatic rings. The third-order valence-corrected chi connectivity index (χ3v) is 3.87. The lowest BCUT2D eigenvalue weighted by molar-refractivity contribution is 0.639. The molecule has 0 radical (unpaired) electrons. The van der Waals surface area contributed by atoms with E-state index in [1.165, 1.54) is 24.3 Å². The highest BCUT2D eigenvalue weighted by atomic mass is 32.2. The van der Waals surface area contributed by atoms with E-state index >= 15 is 0 Å². The Morgan fingerprint density at radius 2 is 2.64 bits per heavy atom. The summed E-state index contributed by atoms with van der Waals surface area (Å²) in [5.74, 6) is 2.34. The smallest absolute Gasteiger partial charge is 0.103 e. The van der Waals surface area contributed by atoms with Crippen molar-refractivity contribution in [1.29, 1.82) is 0 Å². The Morgan fingerprint density at radius 1 is 1.71 bits per heavy atom. The summed E-state index contributed by atoms with van der Waals surface area (Å²) in [4.78, 5) is 7.39. The van der Waals surface area contributed by atoms with Gasteiger partial charge in [0.05, 0.1) is 0 Å². The van der Waals surface area contributed by atoms with Crippen molar-refractivity contribution in [2.45, 2.75) is 31.6 Å². The number of nitrogens with one attached hydrogen (secondary N) is 2. The van der Waals surface area contributed by atoms with Crippen LogP contribution in [0.15, 0.2) is 6.20 Å². The van der Waals surface area contributed by atoms with Crippen molar-refractivity contribution in [1.82, 2.24) is 15.3 Å². The van der Waals surface area contributed by atoms with Gasteiger partial charge in [0.1, 0.15) is 5.82 Å². The molecule has 4 heteroatoms. The van der Waals surface area contributed by atoms with Gasteiger partial charge in [0, 0.05) is 30.2 Å². The van der Waals surface area contributed by atoms with Crippen LogP contribution in [0.3, 0.4) is 0 Å². The molecule has 0 saturated carbocycles. The average Bonchev–Trinajstić information content (AvgIpc) is 2.77. The summed E-state index contributed by atoms with van der Waals surface area (Å²) in [7, 11) is 0. The predicted molar refractivity (Wildman–Crippen MR) is 60.5 cm³/mol. The molecule has 2 heterocycles. The van der Waals surface area contributed by atoms with Gasteiger partial charge in [0.25, 0.3) is 0 Å². The molecule has 2 rings (SSSR count). The molecule has 1 atom stereocenters. The predicted octanol–water partition coefficient (Wildman–Crippen LogP) is 1.70. The van der Waals surface area contributed by atoms with Crippen molar-refractivity contribution >= 4 is 11.8 Å². The first kappa shape index (κ1) is 10.1. The van der Waals surface area contributed by atoms with Gasteiger partial charge in [-0.3, -0.25) is 0 Å². The first-order valence-corrected chi connectivity index (χ1v) is 6.22. The maximum atomic E-state index is 4.17. The Morgan fingerprint density at radius 3 is 3.29 bits per heavy atom. The van der Waals surface area contributed by atoms with E-state index in [9.17, 15) is 0 Å². The summed E-state index contributed by atoms with van der Waals surface area (Å²) < 4.78 is 0. The van der Waals surface area contributed by atoms with Crippen LogP contribution in [0.25, 0.3) is 0 Å². The fraction of sp³-hybridized carbons (Fsp3) is 0.700. The van der Waals surface area contributed by atoms with Gasteiger partial charge in [0.15, 0.2) is 0 Å². The van der Waals surface area contributed by atoms with Crippen molar-refractivity contribution < 1.29 is 0 Å². The molecule has 0 spiro atoms. The highest BCUT2D eigenvalue weighted by molar-refractivity contribution is 8.00. The summed E-state index contributed by atoms with van der Waals surface area (Å²) in [5.41, 5.74) is 1.19. The van der Waals surface area contributed by atoms with E-state index < -0.39 is 0 Å². The summed E-state index contributed by atoms with van der Waals surface area (Å²) in [6, 6.07) is 0. The molecule has 0 bridgehead atoms. The van der Waals surface area contributed by atoms with E-state index in [1.54, 1.807) is 0 Å². The van der Waals surface area contributed by atoms with Crippen molar-refractivity contribution in [3.63, 3.8) is 0 Å².